The molecule has 0 spiro atoms. The molecule has 1 rings (SSSR count). The SMILES string of the molecule is C[C@H](NC(=O)c1ccc(O)cc1O)C(=O)O. The lowest BCUT2D eigenvalue weighted by atomic mass is 10.1. The van der Waals surface area contributed by atoms with Crippen molar-refractivity contribution < 1.29 is 24.9 Å². The molecule has 0 unspecified atom stereocenters. The van der Waals surface area contributed by atoms with E-state index < -0.39 is 23.7 Å². The van der Waals surface area contributed by atoms with Crippen molar-refractivity contribution in [1.82, 2.24) is 5.32 Å². The van der Waals surface area contributed by atoms with Gasteiger partial charge in [0.1, 0.15) is 17.5 Å². The molecule has 0 aliphatic carbocycles. The van der Waals surface area contributed by atoms with Gasteiger partial charge in [0.25, 0.3) is 5.91 Å². The number of carbonyl (C=O) groups excluding carboxylic acids is 1. The van der Waals surface area contributed by atoms with Gasteiger partial charge in [0, 0.05) is 6.07 Å². The number of carboxylic acids is 1. The van der Waals surface area contributed by atoms with Crippen molar-refractivity contribution in [2.24, 2.45) is 0 Å². The van der Waals surface area contributed by atoms with Crippen LogP contribution in [0, 0.1) is 0 Å². The fourth-order valence-corrected chi connectivity index (χ4v) is 1.05. The molecule has 0 radical (unpaired) electrons. The summed E-state index contributed by atoms with van der Waals surface area (Å²) in [4.78, 5) is 22.0. The molecule has 4 N–H and O–H groups in total. The highest BCUT2D eigenvalue weighted by Crippen LogP contribution is 2.22. The summed E-state index contributed by atoms with van der Waals surface area (Å²) in [5.41, 5.74) is -0.0918. The zero-order valence-corrected chi connectivity index (χ0v) is 8.47. The summed E-state index contributed by atoms with van der Waals surface area (Å²) in [7, 11) is 0. The van der Waals surface area contributed by atoms with Gasteiger partial charge in [-0.1, -0.05) is 0 Å². The molecule has 6 heteroatoms. The number of carbonyl (C=O) groups is 2. The predicted molar refractivity (Wildman–Crippen MR) is 54.3 cm³/mol. The molecule has 0 heterocycles. The predicted octanol–water partition coefficient (Wildman–Crippen LogP) is 0.301. The first kappa shape index (κ1) is 11.8. The number of benzene rings is 1. The Hall–Kier alpha value is -2.24. The lowest BCUT2D eigenvalue weighted by Crippen LogP contribution is -2.38. The van der Waals surface area contributed by atoms with E-state index in [4.69, 9.17) is 10.2 Å². The number of nitrogens with one attached hydrogen (secondary N) is 1. The zero-order chi connectivity index (χ0) is 12.3. The number of aromatic hydroxyl groups is 2. The average molecular weight is 225 g/mol. The molecule has 0 aromatic heterocycles. The Balaban J connectivity index is 2.85. The molecule has 16 heavy (non-hydrogen) atoms. The summed E-state index contributed by atoms with van der Waals surface area (Å²) in [5, 5.41) is 29.1. The summed E-state index contributed by atoms with van der Waals surface area (Å²) in [5.74, 6) is -2.48. The van der Waals surface area contributed by atoms with Gasteiger partial charge in [-0.3, -0.25) is 9.59 Å². The van der Waals surface area contributed by atoms with E-state index >= 15 is 0 Å². The van der Waals surface area contributed by atoms with Crippen molar-refractivity contribution >= 4 is 11.9 Å². The van der Waals surface area contributed by atoms with Crippen LogP contribution in [0.5, 0.6) is 11.5 Å². The van der Waals surface area contributed by atoms with E-state index in [1.165, 1.54) is 19.1 Å². The number of carboxylic acid groups (broad SMARTS) is 1. The lowest BCUT2D eigenvalue weighted by Gasteiger charge is -2.10. The molecule has 0 bridgehead atoms. The molecule has 0 saturated heterocycles. The standard InChI is InChI=1S/C10H11NO5/c1-5(10(15)16)11-9(14)7-3-2-6(12)4-8(7)13/h2-5,12-13H,1H3,(H,11,14)(H,15,16)/t5-/m0/s1. The van der Waals surface area contributed by atoms with E-state index in [-0.39, 0.29) is 11.3 Å². The minimum Gasteiger partial charge on any atom is -0.508 e. The van der Waals surface area contributed by atoms with Crippen LogP contribution in [-0.2, 0) is 4.79 Å². The normalized spacial score (nSPS) is 11.8. The van der Waals surface area contributed by atoms with Crippen LogP contribution < -0.4 is 5.32 Å². The van der Waals surface area contributed by atoms with Gasteiger partial charge < -0.3 is 20.6 Å². The van der Waals surface area contributed by atoms with Crippen molar-refractivity contribution in [3.8, 4) is 11.5 Å². The fourth-order valence-electron chi connectivity index (χ4n) is 1.05. The quantitative estimate of drug-likeness (QED) is 0.592. The number of hydrogen-bond acceptors (Lipinski definition) is 4. The van der Waals surface area contributed by atoms with Gasteiger partial charge in [0.05, 0.1) is 5.56 Å². The van der Waals surface area contributed by atoms with Gasteiger partial charge >= 0.3 is 5.97 Å². The molecule has 0 aliphatic heterocycles. The maximum absolute atomic E-state index is 11.5. The maximum Gasteiger partial charge on any atom is 0.325 e. The monoisotopic (exact) mass is 225 g/mol. The minimum atomic E-state index is -1.17. The number of aliphatic carboxylic acids is 1. The summed E-state index contributed by atoms with van der Waals surface area (Å²) in [6.45, 7) is 1.30. The van der Waals surface area contributed by atoms with Crippen molar-refractivity contribution in [3.63, 3.8) is 0 Å². The first-order valence-electron chi connectivity index (χ1n) is 4.47. The van der Waals surface area contributed by atoms with Crippen LogP contribution in [0.25, 0.3) is 0 Å². The van der Waals surface area contributed by atoms with E-state index in [2.05, 4.69) is 5.32 Å². The molecule has 1 atom stereocenters. The molecule has 0 saturated carbocycles. The Morgan fingerprint density at radius 2 is 1.94 bits per heavy atom. The van der Waals surface area contributed by atoms with Crippen LogP contribution >= 0.6 is 0 Å². The molecule has 1 amide bonds. The third-order valence-corrected chi connectivity index (χ3v) is 1.94. The van der Waals surface area contributed by atoms with Crippen molar-refractivity contribution in [1.29, 1.82) is 0 Å². The van der Waals surface area contributed by atoms with Crippen molar-refractivity contribution in [2.75, 3.05) is 0 Å². The second-order valence-electron chi connectivity index (χ2n) is 3.23. The van der Waals surface area contributed by atoms with E-state index in [1.807, 2.05) is 0 Å². The van der Waals surface area contributed by atoms with Gasteiger partial charge in [-0.15, -0.1) is 0 Å². The molecular weight excluding hydrogens is 214 g/mol. The zero-order valence-electron chi connectivity index (χ0n) is 8.47. The first-order chi connectivity index (χ1) is 7.41. The van der Waals surface area contributed by atoms with E-state index in [1.54, 1.807) is 0 Å². The van der Waals surface area contributed by atoms with Gasteiger partial charge in [-0.25, -0.2) is 0 Å². The fraction of sp³-hybridized carbons (Fsp3) is 0.200. The van der Waals surface area contributed by atoms with Crippen LogP contribution in [0.3, 0.4) is 0 Å². The van der Waals surface area contributed by atoms with Gasteiger partial charge in [-0.2, -0.15) is 0 Å². The summed E-state index contributed by atoms with van der Waals surface area (Å²) < 4.78 is 0. The van der Waals surface area contributed by atoms with Crippen LogP contribution in [-0.4, -0.2) is 33.2 Å². The van der Waals surface area contributed by atoms with Gasteiger partial charge in [-0.05, 0) is 19.1 Å². The Morgan fingerprint density at radius 1 is 1.31 bits per heavy atom. The Morgan fingerprint density at radius 3 is 2.44 bits per heavy atom. The minimum absolute atomic E-state index is 0.0918. The number of rotatable bonds is 3. The molecule has 1 aromatic carbocycles. The van der Waals surface area contributed by atoms with Gasteiger partial charge in [0.2, 0.25) is 0 Å². The smallest absolute Gasteiger partial charge is 0.325 e. The molecule has 1 aromatic rings. The molecule has 6 nitrogen and oxygen atoms in total. The number of amides is 1. The number of phenols is 2. The molecule has 0 fully saturated rings. The van der Waals surface area contributed by atoms with Crippen LogP contribution in [0.15, 0.2) is 18.2 Å². The van der Waals surface area contributed by atoms with Crippen LogP contribution in [0.4, 0.5) is 0 Å². The Labute approximate surface area is 91.1 Å². The summed E-state index contributed by atoms with van der Waals surface area (Å²) in [6.07, 6.45) is 0. The highest BCUT2D eigenvalue weighted by atomic mass is 16.4. The largest absolute Gasteiger partial charge is 0.508 e. The van der Waals surface area contributed by atoms with Crippen LogP contribution in [0.2, 0.25) is 0 Å². The highest BCUT2D eigenvalue weighted by molar-refractivity contribution is 5.98. The maximum atomic E-state index is 11.5. The third-order valence-electron chi connectivity index (χ3n) is 1.94. The van der Waals surface area contributed by atoms with E-state index in [0.29, 0.717) is 0 Å². The van der Waals surface area contributed by atoms with E-state index in [0.717, 1.165) is 6.07 Å². The van der Waals surface area contributed by atoms with Gasteiger partial charge in [0.15, 0.2) is 0 Å². The summed E-state index contributed by atoms with van der Waals surface area (Å²) >= 11 is 0. The first-order valence-corrected chi connectivity index (χ1v) is 4.47. The van der Waals surface area contributed by atoms with E-state index in [9.17, 15) is 14.7 Å². The molecule has 0 aliphatic rings. The molecule has 86 valence electrons. The van der Waals surface area contributed by atoms with Crippen LogP contribution in [0.1, 0.15) is 17.3 Å². The Kier molecular flexibility index (Phi) is 3.34. The Bertz CT molecular complexity index is 429. The third kappa shape index (κ3) is 2.63. The average Bonchev–Trinajstić information content (AvgIpc) is 2.16. The summed E-state index contributed by atoms with van der Waals surface area (Å²) in [6, 6.07) is 2.37. The lowest BCUT2D eigenvalue weighted by molar-refractivity contribution is -0.138. The second kappa shape index (κ2) is 4.52. The highest BCUT2D eigenvalue weighted by Gasteiger charge is 2.17. The topological polar surface area (TPSA) is 107 Å². The van der Waals surface area contributed by atoms with Crippen molar-refractivity contribution in [2.45, 2.75) is 13.0 Å². The van der Waals surface area contributed by atoms with Crippen molar-refractivity contribution in [3.05, 3.63) is 23.8 Å². The number of hydrogen-bond donors (Lipinski definition) is 4. The number of phenolic OH excluding ortho intramolecular Hbond substituents is 2. The second-order valence-corrected chi connectivity index (χ2v) is 3.23. The molecular formula is C10H11NO5.